The van der Waals surface area contributed by atoms with E-state index in [0.29, 0.717) is 19.1 Å². The molecule has 1 saturated heterocycles. The Bertz CT molecular complexity index is 1030. The van der Waals surface area contributed by atoms with Crippen LogP contribution in [-0.4, -0.2) is 52.9 Å². The fraction of sp³-hybridized carbons (Fsp3) is 0.417. The molecule has 0 radical (unpaired) electrons. The monoisotopic (exact) mass is 439 g/mol. The van der Waals surface area contributed by atoms with Crippen molar-refractivity contribution >= 4 is 28.7 Å². The molecule has 0 spiro atoms. The highest BCUT2D eigenvalue weighted by Gasteiger charge is 2.22. The zero-order chi connectivity index (χ0) is 21.6. The molecule has 1 fully saturated rings. The number of nitrogens with zero attached hydrogens (tertiary/aromatic N) is 3. The van der Waals surface area contributed by atoms with Crippen LogP contribution in [0.4, 0.5) is 0 Å². The molecule has 1 aliphatic heterocycles. The number of hydrogen-bond donors (Lipinski definition) is 0. The summed E-state index contributed by atoms with van der Waals surface area (Å²) in [6.07, 6.45) is 2.16. The molecule has 0 N–H and O–H groups in total. The van der Waals surface area contributed by atoms with Crippen LogP contribution in [0.15, 0.2) is 53.7 Å². The maximum atomic E-state index is 13.0. The second kappa shape index (κ2) is 10.1. The minimum Gasteiger partial charge on any atom is -0.493 e. The number of carbonyl (C=O) groups is 1. The van der Waals surface area contributed by atoms with Crippen molar-refractivity contribution in [3.05, 3.63) is 48.5 Å². The lowest BCUT2D eigenvalue weighted by Crippen LogP contribution is -2.39. The summed E-state index contributed by atoms with van der Waals surface area (Å²) in [6.45, 7) is 4.80. The van der Waals surface area contributed by atoms with Crippen molar-refractivity contribution in [1.29, 1.82) is 0 Å². The molecule has 7 heteroatoms. The van der Waals surface area contributed by atoms with Crippen LogP contribution in [0.25, 0.3) is 11.0 Å². The maximum absolute atomic E-state index is 13.0. The highest BCUT2D eigenvalue weighted by Crippen LogP contribution is 2.28. The van der Waals surface area contributed by atoms with Gasteiger partial charge in [-0.2, -0.15) is 0 Å². The number of imidazole rings is 1. The predicted molar refractivity (Wildman–Crippen MR) is 124 cm³/mol. The van der Waals surface area contributed by atoms with E-state index in [4.69, 9.17) is 14.5 Å². The number of fused-ring (bicyclic) bond motifs is 1. The summed E-state index contributed by atoms with van der Waals surface area (Å²) in [5, 5.41) is 0.851. The lowest BCUT2D eigenvalue weighted by Gasteiger charge is -2.30. The first-order valence-corrected chi connectivity index (χ1v) is 11.8. The molecule has 6 nitrogen and oxygen atoms in total. The topological polar surface area (TPSA) is 56.6 Å². The van der Waals surface area contributed by atoms with Gasteiger partial charge in [-0.05, 0) is 43.0 Å². The number of carbonyl (C=O) groups excluding carboxylic acids is 1. The van der Waals surface area contributed by atoms with Crippen LogP contribution in [0.2, 0.25) is 0 Å². The largest absolute Gasteiger partial charge is 0.493 e. The minimum atomic E-state index is 0.169. The molecule has 0 unspecified atom stereocenters. The molecular formula is C24H29N3O3S. The van der Waals surface area contributed by atoms with Gasteiger partial charge in [0.1, 0.15) is 6.54 Å². The average molecular weight is 440 g/mol. The van der Waals surface area contributed by atoms with Crippen LogP contribution >= 0.6 is 11.8 Å². The van der Waals surface area contributed by atoms with Gasteiger partial charge in [-0.3, -0.25) is 4.79 Å². The highest BCUT2D eigenvalue weighted by molar-refractivity contribution is 7.99. The lowest BCUT2D eigenvalue weighted by molar-refractivity contribution is -0.133. The summed E-state index contributed by atoms with van der Waals surface area (Å²) in [4.78, 5) is 19.8. The van der Waals surface area contributed by atoms with Crippen molar-refractivity contribution in [3.63, 3.8) is 0 Å². The van der Waals surface area contributed by atoms with Crippen LogP contribution in [0.1, 0.15) is 19.8 Å². The van der Waals surface area contributed by atoms with Crippen molar-refractivity contribution in [2.24, 2.45) is 5.92 Å². The average Bonchev–Trinajstić information content (AvgIpc) is 3.14. The molecule has 4 rings (SSSR count). The Hall–Kier alpha value is -2.67. The van der Waals surface area contributed by atoms with E-state index in [9.17, 15) is 4.79 Å². The van der Waals surface area contributed by atoms with Crippen molar-refractivity contribution < 1.29 is 14.3 Å². The van der Waals surface area contributed by atoms with Crippen LogP contribution in [0.3, 0.4) is 0 Å². The quantitative estimate of drug-likeness (QED) is 0.383. The van der Waals surface area contributed by atoms with Crippen molar-refractivity contribution in [2.45, 2.75) is 31.5 Å². The van der Waals surface area contributed by atoms with Gasteiger partial charge < -0.3 is 18.9 Å². The number of hydrogen-bond acceptors (Lipinski definition) is 5. The Labute approximate surface area is 187 Å². The van der Waals surface area contributed by atoms with E-state index in [1.165, 1.54) is 0 Å². The first-order chi connectivity index (χ1) is 15.2. The maximum Gasteiger partial charge on any atom is 0.242 e. The fourth-order valence-corrected chi connectivity index (χ4v) is 4.66. The van der Waals surface area contributed by atoms with Gasteiger partial charge in [0.25, 0.3) is 0 Å². The molecule has 1 aromatic heterocycles. The van der Waals surface area contributed by atoms with Crippen molar-refractivity contribution in [2.75, 3.05) is 32.6 Å². The summed E-state index contributed by atoms with van der Waals surface area (Å²) < 4.78 is 13.3. The Morgan fingerprint density at radius 3 is 2.58 bits per heavy atom. The fourth-order valence-electron chi connectivity index (χ4n) is 3.83. The van der Waals surface area contributed by atoms with Crippen LogP contribution in [0.5, 0.6) is 11.5 Å². The first kappa shape index (κ1) is 21.6. The molecule has 0 aliphatic carbocycles. The molecule has 31 heavy (non-hydrogen) atoms. The molecule has 1 aliphatic rings. The van der Waals surface area contributed by atoms with Crippen LogP contribution < -0.4 is 9.47 Å². The number of rotatable bonds is 8. The molecule has 2 aromatic carbocycles. The standard InChI is InChI=1S/C24H29N3O3S/c1-18-11-13-26(14-12-18)23(28)17-27-20-8-4-3-7-19(20)25-24(27)31-16-15-30-22-10-6-5-9-21(22)29-2/h3-10,18H,11-17H2,1-2H3. The zero-order valence-electron chi connectivity index (χ0n) is 18.1. The van der Waals surface area contributed by atoms with Gasteiger partial charge >= 0.3 is 0 Å². The summed E-state index contributed by atoms with van der Waals surface area (Å²) in [6, 6.07) is 15.6. The van der Waals surface area contributed by atoms with Gasteiger partial charge in [0.05, 0.1) is 24.8 Å². The number of piperidine rings is 1. The third kappa shape index (κ3) is 5.15. The Morgan fingerprint density at radius 1 is 1.10 bits per heavy atom. The molecule has 2 heterocycles. The summed E-state index contributed by atoms with van der Waals surface area (Å²) in [7, 11) is 1.64. The number of aromatic nitrogens is 2. The van der Waals surface area contributed by atoms with Gasteiger partial charge in [-0.25, -0.2) is 4.98 Å². The van der Waals surface area contributed by atoms with Crippen molar-refractivity contribution in [1.82, 2.24) is 14.5 Å². The Morgan fingerprint density at radius 2 is 1.81 bits per heavy atom. The number of benzene rings is 2. The smallest absolute Gasteiger partial charge is 0.242 e. The van der Waals surface area contributed by atoms with E-state index in [1.807, 2.05) is 58.0 Å². The number of thioether (sulfide) groups is 1. The lowest BCUT2D eigenvalue weighted by atomic mass is 9.99. The molecule has 164 valence electrons. The van der Waals surface area contributed by atoms with Gasteiger partial charge in [0, 0.05) is 18.8 Å². The van der Waals surface area contributed by atoms with Crippen LogP contribution in [-0.2, 0) is 11.3 Å². The van der Waals surface area contributed by atoms with E-state index < -0.39 is 0 Å². The van der Waals surface area contributed by atoms with Gasteiger partial charge in [0.2, 0.25) is 5.91 Å². The SMILES string of the molecule is COc1ccccc1OCCSc1nc2ccccc2n1CC(=O)N1CCC(C)CC1. The number of methoxy groups -OCH3 is 1. The number of para-hydroxylation sites is 4. The zero-order valence-corrected chi connectivity index (χ0v) is 18.9. The highest BCUT2D eigenvalue weighted by atomic mass is 32.2. The predicted octanol–water partition coefficient (Wildman–Crippen LogP) is 4.47. The second-order valence-corrected chi connectivity index (χ2v) is 8.94. The summed E-state index contributed by atoms with van der Waals surface area (Å²) in [5.41, 5.74) is 1.91. The third-order valence-electron chi connectivity index (χ3n) is 5.69. The van der Waals surface area contributed by atoms with Crippen molar-refractivity contribution in [3.8, 4) is 11.5 Å². The first-order valence-electron chi connectivity index (χ1n) is 10.8. The molecule has 0 atom stereocenters. The van der Waals surface area contributed by atoms with E-state index in [0.717, 1.165) is 59.4 Å². The Balaban J connectivity index is 1.43. The number of amides is 1. The van der Waals surface area contributed by atoms with Gasteiger partial charge in [-0.1, -0.05) is 43.0 Å². The van der Waals surface area contributed by atoms with E-state index in [2.05, 4.69) is 6.92 Å². The molecule has 1 amide bonds. The van der Waals surface area contributed by atoms with E-state index in [-0.39, 0.29) is 5.91 Å². The minimum absolute atomic E-state index is 0.169. The second-order valence-electron chi connectivity index (χ2n) is 7.88. The molecular weight excluding hydrogens is 410 g/mol. The number of ether oxygens (including phenoxy) is 2. The third-order valence-corrected chi connectivity index (χ3v) is 6.63. The molecule has 3 aromatic rings. The van der Waals surface area contributed by atoms with Gasteiger partial charge in [0.15, 0.2) is 16.7 Å². The van der Waals surface area contributed by atoms with Gasteiger partial charge in [-0.15, -0.1) is 0 Å². The Kier molecular flexibility index (Phi) is 7.02. The normalized spacial score (nSPS) is 14.7. The van der Waals surface area contributed by atoms with E-state index in [1.54, 1.807) is 18.9 Å². The summed E-state index contributed by atoms with van der Waals surface area (Å²) >= 11 is 1.61. The molecule has 0 saturated carbocycles. The number of likely N-dealkylation sites (tertiary alicyclic amines) is 1. The summed E-state index contributed by atoms with van der Waals surface area (Å²) in [5.74, 6) is 3.04. The van der Waals surface area contributed by atoms with E-state index >= 15 is 0 Å². The van der Waals surface area contributed by atoms with Crippen LogP contribution in [0, 0.1) is 5.92 Å². The molecule has 0 bridgehead atoms.